The Morgan fingerprint density at radius 3 is 2.47 bits per heavy atom. The van der Waals surface area contributed by atoms with Gasteiger partial charge in [0.15, 0.2) is 0 Å². The van der Waals surface area contributed by atoms with Crippen LogP contribution in [-0.2, 0) is 0 Å². The first kappa shape index (κ1) is 14.0. The molecule has 96 valence electrons. The highest BCUT2D eigenvalue weighted by atomic mass is 16.5. The van der Waals surface area contributed by atoms with Crippen molar-refractivity contribution < 1.29 is 4.74 Å². The Bertz CT molecular complexity index is 350. The lowest BCUT2D eigenvalue weighted by atomic mass is 10.0. The van der Waals surface area contributed by atoms with Gasteiger partial charge in [0.2, 0.25) is 0 Å². The zero-order valence-corrected chi connectivity index (χ0v) is 11.5. The minimum absolute atomic E-state index is 0.335. The van der Waals surface area contributed by atoms with E-state index in [9.17, 15) is 0 Å². The molecule has 1 unspecified atom stereocenters. The summed E-state index contributed by atoms with van der Waals surface area (Å²) in [6, 6.07) is 7.17. The molecule has 0 aliphatic carbocycles. The molecule has 1 aromatic carbocycles. The number of rotatable bonds is 6. The highest BCUT2D eigenvalue weighted by Gasteiger charge is 2.10. The average Bonchev–Trinajstić information content (AvgIpc) is 2.29. The molecule has 0 fully saturated rings. The molecule has 0 aromatic heterocycles. The van der Waals surface area contributed by atoms with Gasteiger partial charge in [0.05, 0.1) is 7.11 Å². The van der Waals surface area contributed by atoms with E-state index in [-0.39, 0.29) is 0 Å². The van der Waals surface area contributed by atoms with Gasteiger partial charge in [-0.25, -0.2) is 0 Å². The molecule has 0 saturated carbocycles. The van der Waals surface area contributed by atoms with Crippen LogP contribution in [-0.4, -0.2) is 26.7 Å². The van der Waals surface area contributed by atoms with Crippen LogP contribution in [0.2, 0.25) is 0 Å². The molecule has 1 rings (SSSR count). The predicted octanol–water partition coefficient (Wildman–Crippen LogP) is 2.26. The van der Waals surface area contributed by atoms with Crippen molar-refractivity contribution in [3.8, 4) is 5.75 Å². The number of nitrogens with one attached hydrogen (secondary N) is 2. The largest absolute Gasteiger partial charge is 0.496 e. The first-order valence-electron chi connectivity index (χ1n) is 6.13. The van der Waals surface area contributed by atoms with Gasteiger partial charge in [0.25, 0.3) is 0 Å². The van der Waals surface area contributed by atoms with Crippen molar-refractivity contribution in [1.29, 1.82) is 0 Å². The molecule has 3 nitrogen and oxygen atoms in total. The lowest BCUT2D eigenvalue weighted by Gasteiger charge is -2.20. The molecule has 3 heteroatoms. The number of hydrogen-bond donors (Lipinski definition) is 2. The highest BCUT2D eigenvalue weighted by Crippen LogP contribution is 2.22. The summed E-state index contributed by atoms with van der Waals surface area (Å²) in [7, 11) is 3.70. The van der Waals surface area contributed by atoms with Gasteiger partial charge >= 0.3 is 0 Å². The number of ether oxygens (including phenoxy) is 1. The maximum absolute atomic E-state index is 5.28. The zero-order chi connectivity index (χ0) is 12.8. The fourth-order valence-electron chi connectivity index (χ4n) is 1.86. The third-order valence-corrected chi connectivity index (χ3v) is 2.90. The van der Waals surface area contributed by atoms with E-state index in [1.165, 1.54) is 11.1 Å². The Labute approximate surface area is 105 Å². The predicted molar refractivity (Wildman–Crippen MR) is 72.7 cm³/mol. The second-order valence-corrected chi connectivity index (χ2v) is 4.63. The van der Waals surface area contributed by atoms with Crippen molar-refractivity contribution in [3.63, 3.8) is 0 Å². The zero-order valence-electron chi connectivity index (χ0n) is 11.5. The van der Waals surface area contributed by atoms with Gasteiger partial charge in [-0.2, -0.15) is 0 Å². The van der Waals surface area contributed by atoms with Crippen LogP contribution in [0.5, 0.6) is 5.75 Å². The van der Waals surface area contributed by atoms with Crippen LogP contribution >= 0.6 is 0 Å². The molecule has 0 amide bonds. The van der Waals surface area contributed by atoms with E-state index >= 15 is 0 Å². The Hall–Kier alpha value is -1.06. The van der Waals surface area contributed by atoms with Crippen molar-refractivity contribution in [3.05, 3.63) is 29.3 Å². The molecular formula is C14H24N2O. The topological polar surface area (TPSA) is 33.3 Å². The SMILES string of the molecule is CNC(CNC(C)C)c1ccc(OC)c(C)c1. The van der Waals surface area contributed by atoms with E-state index in [2.05, 4.69) is 43.5 Å². The number of hydrogen-bond acceptors (Lipinski definition) is 3. The van der Waals surface area contributed by atoms with Gasteiger partial charge in [0.1, 0.15) is 5.75 Å². The fourth-order valence-corrected chi connectivity index (χ4v) is 1.86. The van der Waals surface area contributed by atoms with E-state index < -0.39 is 0 Å². The fraction of sp³-hybridized carbons (Fsp3) is 0.571. The molecule has 17 heavy (non-hydrogen) atoms. The Morgan fingerprint density at radius 1 is 1.29 bits per heavy atom. The van der Waals surface area contributed by atoms with Crippen LogP contribution in [0.15, 0.2) is 18.2 Å². The van der Waals surface area contributed by atoms with Crippen LogP contribution in [0, 0.1) is 6.92 Å². The van der Waals surface area contributed by atoms with Crippen LogP contribution in [0.25, 0.3) is 0 Å². The van der Waals surface area contributed by atoms with Gasteiger partial charge < -0.3 is 15.4 Å². The number of aryl methyl sites for hydroxylation is 1. The number of likely N-dealkylation sites (N-methyl/N-ethyl adjacent to an activating group) is 1. The monoisotopic (exact) mass is 236 g/mol. The number of benzene rings is 1. The van der Waals surface area contributed by atoms with Crippen LogP contribution in [0.3, 0.4) is 0 Å². The summed E-state index contributed by atoms with van der Waals surface area (Å²) in [5, 5.41) is 6.78. The summed E-state index contributed by atoms with van der Waals surface area (Å²) in [6.07, 6.45) is 0. The molecule has 2 N–H and O–H groups in total. The summed E-state index contributed by atoms with van der Waals surface area (Å²) >= 11 is 0. The minimum atomic E-state index is 0.335. The standard InChI is InChI=1S/C14H24N2O/c1-10(2)16-9-13(15-4)12-6-7-14(17-5)11(3)8-12/h6-8,10,13,15-16H,9H2,1-5H3. The molecule has 1 aromatic rings. The third-order valence-electron chi connectivity index (χ3n) is 2.90. The van der Waals surface area contributed by atoms with Gasteiger partial charge in [-0.3, -0.25) is 0 Å². The number of methoxy groups -OCH3 is 1. The minimum Gasteiger partial charge on any atom is -0.496 e. The average molecular weight is 236 g/mol. The Kier molecular flexibility index (Phi) is 5.45. The summed E-state index contributed by atoms with van der Waals surface area (Å²) in [6.45, 7) is 7.32. The van der Waals surface area contributed by atoms with Gasteiger partial charge in [-0.05, 0) is 31.2 Å². The first-order chi connectivity index (χ1) is 8.08. The van der Waals surface area contributed by atoms with E-state index in [0.717, 1.165) is 12.3 Å². The second-order valence-electron chi connectivity index (χ2n) is 4.63. The van der Waals surface area contributed by atoms with Gasteiger partial charge in [0, 0.05) is 18.6 Å². The van der Waals surface area contributed by atoms with Gasteiger partial charge in [-0.1, -0.05) is 26.0 Å². The Morgan fingerprint density at radius 2 is 2.00 bits per heavy atom. The molecule has 0 saturated heterocycles. The maximum Gasteiger partial charge on any atom is 0.121 e. The first-order valence-corrected chi connectivity index (χ1v) is 6.13. The molecule has 0 aliphatic heterocycles. The van der Waals surface area contributed by atoms with Crippen LogP contribution in [0.4, 0.5) is 0 Å². The quantitative estimate of drug-likeness (QED) is 0.795. The maximum atomic E-state index is 5.28. The summed E-state index contributed by atoms with van der Waals surface area (Å²) in [5.41, 5.74) is 2.47. The van der Waals surface area contributed by atoms with Crippen LogP contribution < -0.4 is 15.4 Å². The summed E-state index contributed by atoms with van der Waals surface area (Å²) in [5.74, 6) is 0.945. The molecular weight excluding hydrogens is 212 g/mol. The normalized spacial score (nSPS) is 12.8. The van der Waals surface area contributed by atoms with E-state index in [4.69, 9.17) is 4.74 Å². The van der Waals surface area contributed by atoms with Crippen molar-refractivity contribution in [2.75, 3.05) is 20.7 Å². The molecule has 0 heterocycles. The van der Waals surface area contributed by atoms with Crippen molar-refractivity contribution in [2.24, 2.45) is 0 Å². The van der Waals surface area contributed by atoms with Crippen LogP contribution in [0.1, 0.15) is 31.0 Å². The lowest BCUT2D eigenvalue weighted by molar-refractivity contribution is 0.411. The van der Waals surface area contributed by atoms with Crippen molar-refractivity contribution >= 4 is 0 Å². The highest BCUT2D eigenvalue weighted by molar-refractivity contribution is 5.37. The lowest BCUT2D eigenvalue weighted by Crippen LogP contribution is -2.33. The van der Waals surface area contributed by atoms with Gasteiger partial charge in [-0.15, -0.1) is 0 Å². The summed E-state index contributed by atoms with van der Waals surface area (Å²) < 4.78 is 5.28. The third kappa shape index (κ3) is 4.02. The molecule has 0 aliphatic rings. The molecule has 1 atom stereocenters. The molecule has 0 radical (unpaired) electrons. The van der Waals surface area contributed by atoms with Crippen molar-refractivity contribution in [1.82, 2.24) is 10.6 Å². The molecule has 0 spiro atoms. The van der Waals surface area contributed by atoms with E-state index in [0.29, 0.717) is 12.1 Å². The van der Waals surface area contributed by atoms with E-state index in [1.54, 1.807) is 7.11 Å². The Balaban J connectivity index is 2.78. The summed E-state index contributed by atoms with van der Waals surface area (Å²) in [4.78, 5) is 0. The van der Waals surface area contributed by atoms with Crippen molar-refractivity contribution in [2.45, 2.75) is 32.9 Å². The second kappa shape index (κ2) is 6.62. The smallest absolute Gasteiger partial charge is 0.121 e. The van der Waals surface area contributed by atoms with E-state index in [1.807, 2.05) is 13.1 Å². The molecule has 0 bridgehead atoms.